The van der Waals surface area contributed by atoms with Crippen LogP contribution in [0.15, 0.2) is 58.7 Å². The maximum atomic E-state index is 13.3. The molecule has 0 spiro atoms. The second-order valence-electron chi connectivity index (χ2n) is 12.1. The molecule has 1 atom stereocenters. The van der Waals surface area contributed by atoms with E-state index in [0.29, 0.717) is 38.1 Å². The van der Waals surface area contributed by atoms with Gasteiger partial charge in [-0.2, -0.15) is 0 Å². The number of carbonyl (C=O) groups excluding carboxylic acids is 1. The van der Waals surface area contributed by atoms with E-state index in [9.17, 15) is 14.3 Å². The molecule has 1 heterocycles. The fourth-order valence-corrected chi connectivity index (χ4v) is 5.87. The molecule has 5 nitrogen and oxygen atoms in total. The number of aromatic hydroxyl groups is 1. The average Bonchev–Trinajstić information content (AvgIpc) is 3.12. The van der Waals surface area contributed by atoms with Crippen LogP contribution in [0.25, 0.3) is 0 Å². The first-order valence-corrected chi connectivity index (χ1v) is 14.5. The first-order chi connectivity index (χ1) is 18.9. The second kappa shape index (κ2) is 14.2. The molecule has 0 aliphatic heterocycles. The van der Waals surface area contributed by atoms with Crippen molar-refractivity contribution in [2.45, 2.75) is 105 Å². The molecule has 0 saturated heterocycles. The van der Waals surface area contributed by atoms with Gasteiger partial charge in [-0.25, -0.2) is 4.39 Å². The van der Waals surface area contributed by atoms with Gasteiger partial charge in [-0.1, -0.05) is 55.4 Å². The minimum atomic E-state index is -0.723. The number of imidazole rings is 1. The molecule has 0 bridgehead atoms. The summed E-state index contributed by atoms with van der Waals surface area (Å²) in [5.41, 5.74) is 5.21. The van der Waals surface area contributed by atoms with Gasteiger partial charge < -0.3 is 15.0 Å². The van der Waals surface area contributed by atoms with Gasteiger partial charge in [0.25, 0.3) is 0 Å². The zero-order chi connectivity index (χ0) is 29.4. The van der Waals surface area contributed by atoms with E-state index in [4.69, 9.17) is 15.7 Å². The van der Waals surface area contributed by atoms with Gasteiger partial charge in [0.2, 0.25) is 11.8 Å². The normalized spacial score (nSPS) is 24.3. The highest BCUT2D eigenvalue weighted by Crippen LogP contribution is 2.44. The third-order valence-corrected chi connectivity index (χ3v) is 8.41. The molecule has 1 saturated carbocycles. The number of hydrogen-bond acceptors (Lipinski definition) is 3. The number of halogens is 1. The Bertz CT molecular complexity index is 1200. The molecule has 3 rings (SSSR count). The Morgan fingerprint density at radius 3 is 2.50 bits per heavy atom. The highest BCUT2D eigenvalue weighted by molar-refractivity contribution is 6.36. The third kappa shape index (κ3) is 8.87. The molecule has 1 aromatic rings. The van der Waals surface area contributed by atoms with Gasteiger partial charge in [0.1, 0.15) is 14.0 Å². The fourth-order valence-electron chi connectivity index (χ4n) is 5.87. The van der Waals surface area contributed by atoms with Crippen molar-refractivity contribution >= 4 is 32.9 Å². The van der Waals surface area contributed by atoms with E-state index in [-0.39, 0.29) is 34.6 Å². The predicted octanol–water partition coefficient (Wildman–Crippen LogP) is 5.11. The Kier molecular flexibility index (Phi) is 11.3. The number of rotatable bonds is 10. The molecule has 2 aliphatic rings. The van der Waals surface area contributed by atoms with Crippen molar-refractivity contribution in [2.75, 3.05) is 0 Å². The maximum Gasteiger partial charge on any atom is 0.244 e. The van der Waals surface area contributed by atoms with E-state index in [0.717, 1.165) is 36.8 Å². The summed E-state index contributed by atoms with van der Waals surface area (Å²) < 4.78 is 14.9. The van der Waals surface area contributed by atoms with Crippen LogP contribution in [-0.4, -0.2) is 48.5 Å². The minimum absolute atomic E-state index is 0.0553. The number of alkyl halides is 1. The minimum Gasteiger partial charge on any atom is -0.494 e. The largest absolute Gasteiger partial charge is 0.494 e. The lowest BCUT2D eigenvalue weighted by Crippen LogP contribution is -2.37. The smallest absolute Gasteiger partial charge is 0.244 e. The van der Waals surface area contributed by atoms with Crippen LogP contribution in [-0.2, 0) is 11.3 Å². The van der Waals surface area contributed by atoms with Crippen LogP contribution < -0.4 is 16.6 Å². The van der Waals surface area contributed by atoms with Gasteiger partial charge in [0.05, 0.1) is 5.72 Å². The van der Waals surface area contributed by atoms with Gasteiger partial charge >= 0.3 is 0 Å². The van der Waals surface area contributed by atoms with Crippen LogP contribution in [0.1, 0.15) is 86.0 Å². The van der Waals surface area contributed by atoms with E-state index < -0.39 is 6.17 Å². The Balaban J connectivity index is 1.57. The zero-order valence-corrected chi connectivity index (χ0v) is 24.8. The van der Waals surface area contributed by atoms with Crippen molar-refractivity contribution in [1.29, 1.82) is 0 Å². The Morgan fingerprint density at radius 2 is 1.85 bits per heavy atom. The summed E-state index contributed by atoms with van der Waals surface area (Å²) in [5.74, 6) is 0.309. The molecule has 1 fully saturated rings. The topological polar surface area (TPSA) is 67.2 Å². The van der Waals surface area contributed by atoms with Crippen LogP contribution in [0, 0.1) is 11.3 Å². The number of hydrogen-bond donors (Lipinski definition) is 2. The standard InChI is InChI=1S/C32H44B2FN3O2/c1-21(8-6-9-22(2)20-28(39)36-26-14-12-25(35)13-15-26)11-16-27-23(3)24(17-18-32(27,4)5)10-7-19-38-30(40)29(33)37-31(38)34/h6,8-9,11,16,20,24-26,40H,7,10,12-15,17-19H2,1-5H3,(H,36,39)/b9-6+,16-11+,21-8+,22-20+. The van der Waals surface area contributed by atoms with Crippen LogP contribution in [0.5, 0.6) is 5.88 Å². The molecule has 2 aliphatic carbocycles. The van der Waals surface area contributed by atoms with E-state index >= 15 is 0 Å². The Labute approximate surface area is 242 Å². The first-order valence-electron chi connectivity index (χ1n) is 14.5. The molecule has 4 radical (unpaired) electrons. The van der Waals surface area contributed by atoms with Gasteiger partial charge in [-0.3, -0.25) is 9.78 Å². The van der Waals surface area contributed by atoms with Crippen molar-refractivity contribution in [3.05, 3.63) is 58.7 Å². The molecule has 1 unspecified atom stereocenters. The van der Waals surface area contributed by atoms with Gasteiger partial charge in [0.15, 0.2) is 7.85 Å². The van der Waals surface area contributed by atoms with E-state index in [1.807, 2.05) is 25.2 Å². The second-order valence-corrected chi connectivity index (χ2v) is 12.1. The number of carbonyl (C=O) groups is 1. The number of nitrogens with zero attached hydrogens (tertiary/aromatic N) is 2. The van der Waals surface area contributed by atoms with E-state index in [2.05, 4.69) is 50.1 Å². The number of nitrogens with one attached hydrogen (secondary N) is 1. The maximum absolute atomic E-state index is 13.3. The summed E-state index contributed by atoms with van der Waals surface area (Å²) in [6.45, 7) is 11.4. The molecule has 1 amide bonds. The molecule has 2 N–H and O–H groups in total. The molecule has 0 aromatic carbocycles. The zero-order valence-electron chi connectivity index (χ0n) is 24.8. The van der Waals surface area contributed by atoms with E-state index in [1.54, 1.807) is 10.6 Å². The molecule has 40 heavy (non-hydrogen) atoms. The van der Waals surface area contributed by atoms with Gasteiger partial charge in [-0.05, 0) is 94.6 Å². The summed E-state index contributed by atoms with van der Waals surface area (Å²) >= 11 is 0. The Hall–Kier alpha value is -2.76. The lowest BCUT2D eigenvalue weighted by atomic mass is 9.68. The van der Waals surface area contributed by atoms with Gasteiger partial charge in [0, 0.05) is 24.3 Å². The SMILES string of the molecule is [B]c1nc([B])n(CCCC2CCC(C)(C)C(/C=C/C(C)=C/C=C/C(C)=C/C(=O)NC3CCC(F)CC3)=C2C)c1O. The van der Waals surface area contributed by atoms with Crippen LogP contribution in [0.3, 0.4) is 0 Å². The summed E-state index contributed by atoms with van der Waals surface area (Å²) in [4.78, 5) is 16.2. The number of aromatic nitrogens is 2. The molecule has 212 valence electrons. The quantitative estimate of drug-likeness (QED) is 0.245. The van der Waals surface area contributed by atoms with Crippen molar-refractivity contribution in [2.24, 2.45) is 11.3 Å². The molecule has 8 heteroatoms. The van der Waals surface area contributed by atoms with E-state index in [1.165, 1.54) is 11.1 Å². The monoisotopic (exact) mass is 543 g/mol. The first kappa shape index (κ1) is 31.8. The summed E-state index contributed by atoms with van der Waals surface area (Å²) in [6, 6.07) is 0.0736. The number of allylic oxidation sites excluding steroid dienone is 9. The highest BCUT2D eigenvalue weighted by Gasteiger charge is 2.31. The molecular weight excluding hydrogens is 499 g/mol. The fraction of sp³-hybridized carbons (Fsp3) is 0.562. The average molecular weight is 543 g/mol. The summed E-state index contributed by atoms with van der Waals surface area (Å²) in [6.07, 6.45) is 17.8. The summed E-state index contributed by atoms with van der Waals surface area (Å²) in [5, 5.41) is 13.1. The van der Waals surface area contributed by atoms with Crippen molar-refractivity contribution in [3.63, 3.8) is 0 Å². The lowest BCUT2D eigenvalue weighted by molar-refractivity contribution is -0.117. The number of amides is 1. The van der Waals surface area contributed by atoms with Crippen molar-refractivity contribution < 1.29 is 14.3 Å². The van der Waals surface area contributed by atoms with Crippen LogP contribution >= 0.6 is 0 Å². The van der Waals surface area contributed by atoms with Gasteiger partial charge in [-0.15, -0.1) is 0 Å². The van der Waals surface area contributed by atoms with Crippen molar-refractivity contribution in [1.82, 2.24) is 14.9 Å². The summed E-state index contributed by atoms with van der Waals surface area (Å²) in [7, 11) is 11.5. The Morgan fingerprint density at radius 1 is 1.15 bits per heavy atom. The van der Waals surface area contributed by atoms with Crippen LogP contribution in [0.2, 0.25) is 0 Å². The highest BCUT2D eigenvalue weighted by atomic mass is 19.1. The van der Waals surface area contributed by atoms with Crippen molar-refractivity contribution in [3.8, 4) is 5.88 Å². The predicted molar refractivity (Wildman–Crippen MR) is 164 cm³/mol. The molecular formula is C32H44B2FN3O2. The lowest BCUT2D eigenvalue weighted by Gasteiger charge is -2.37. The van der Waals surface area contributed by atoms with Crippen LogP contribution in [0.4, 0.5) is 4.39 Å². The third-order valence-electron chi connectivity index (χ3n) is 8.41. The molecule has 1 aromatic heterocycles.